The lowest BCUT2D eigenvalue weighted by atomic mass is 10.0. The molecule has 6 heteroatoms. The van der Waals surface area contributed by atoms with Gasteiger partial charge in [0.2, 0.25) is 0 Å². The summed E-state index contributed by atoms with van der Waals surface area (Å²) >= 11 is 6.17. The zero-order chi connectivity index (χ0) is 15.4. The van der Waals surface area contributed by atoms with Gasteiger partial charge in [-0.15, -0.1) is 0 Å². The van der Waals surface area contributed by atoms with Crippen molar-refractivity contribution >= 4 is 17.6 Å². The van der Waals surface area contributed by atoms with Gasteiger partial charge in [0.15, 0.2) is 0 Å². The van der Waals surface area contributed by atoms with Crippen LogP contribution in [0.3, 0.4) is 0 Å². The minimum atomic E-state index is -0.800. The van der Waals surface area contributed by atoms with E-state index in [1.54, 1.807) is 13.2 Å². The van der Waals surface area contributed by atoms with Gasteiger partial charge in [0.05, 0.1) is 18.6 Å². The maximum absolute atomic E-state index is 11.2. The molecule has 0 radical (unpaired) electrons. The molecular weight excluding hydrogens is 292 g/mol. The molecular formula is C15H21ClN2O3. The minimum Gasteiger partial charge on any atom is -0.495 e. The first kappa shape index (κ1) is 16.1. The summed E-state index contributed by atoms with van der Waals surface area (Å²) in [5.41, 5.74) is 0.924. The molecule has 0 spiro atoms. The first-order valence-electron chi connectivity index (χ1n) is 6.99. The molecule has 0 amide bonds. The average Bonchev–Trinajstić information content (AvgIpc) is 2.45. The Morgan fingerprint density at radius 1 is 1.38 bits per heavy atom. The highest BCUT2D eigenvalue weighted by atomic mass is 35.5. The van der Waals surface area contributed by atoms with Crippen LogP contribution in [0.5, 0.6) is 5.75 Å². The highest BCUT2D eigenvalue weighted by molar-refractivity contribution is 6.32. The van der Waals surface area contributed by atoms with Crippen LogP contribution in [-0.2, 0) is 4.79 Å². The van der Waals surface area contributed by atoms with E-state index in [1.807, 2.05) is 12.1 Å². The maximum Gasteiger partial charge on any atom is 0.305 e. The summed E-state index contributed by atoms with van der Waals surface area (Å²) in [6, 6.07) is 5.35. The summed E-state index contributed by atoms with van der Waals surface area (Å²) in [4.78, 5) is 15.7. The number of ether oxygens (including phenoxy) is 1. The van der Waals surface area contributed by atoms with Crippen LogP contribution in [0.25, 0.3) is 0 Å². The van der Waals surface area contributed by atoms with Gasteiger partial charge in [-0.3, -0.25) is 9.69 Å². The SMILES string of the molecule is COc1ccc(C(CC(=O)O)N2CCN(C)CC2)cc1Cl. The van der Waals surface area contributed by atoms with Gasteiger partial charge in [0.25, 0.3) is 0 Å². The Labute approximate surface area is 130 Å². The predicted molar refractivity (Wildman–Crippen MR) is 82.1 cm³/mol. The van der Waals surface area contributed by atoms with Crippen molar-refractivity contribution in [1.29, 1.82) is 0 Å². The smallest absolute Gasteiger partial charge is 0.305 e. The number of benzene rings is 1. The van der Waals surface area contributed by atoms with E-state index in [4.69, 9.17) is 16.3 Å². The standard InChI is InChI=1S/C15H21ClN2O3/c1-17-5-7-18(8-6-17)13(10-15(19)20)11-3-4-14(21-2)12(16)9-11/h3-4,9,13H,5-8,10H2,1-2H3,(H,19,20). The number of halogens is 1. The number of carbonyl (C=O) groups is 1. The molecule has 1 aromatic carbocycles. The van der Waals surface area contributed by atoms with Crippen molar-refractivity contribution in [3.63, 3.8) is 0 Å². The number of carboxylic acid groups (broad SMARTS) is 1. The van der Waals surface area contributed by atoms with Gasteiger partial charge in [-0.1, -0.05) is 17.7 Å². The normalized spacial score (nSPS) is 18.4. The van der Waals surface area contributed by atoms with Crippen LogP contribution in [0.1, 0.15) is 18.0 Å². The van der Waals surface area contributed by atoms with Gasteiger partial charge >= 0.3 is 5.97 Å². The third-order valence-electron chi connectivity index (χ3n) is 3.91. The Kier molecular flexibility index (Phi) is 5.45. The van der Waals surface area contributed by atoms with Crippen LogP contribution in [0.4, 0.5) is 0 Å². The number of aliphatic carboxylic acids is 1. The van der Waals surface area contributed by atoms with Crippen molar-refractivity contribution in [3.05, 3.63) is 28.8 Å². The summed E-state index contributed by atoms with van der Waals surface area (Å²) in [5.74, 6) is -0.196. The molecule has 2 rings (SSSR count). The summed E-state index contributed by atoms with van der Waals surface area (Å²) in [6.45, 7) is 3.61. The Bertz CT molecular complexity index is 502. The second kappa shape index (κ2) is 7.11. The first-order chi connectivity index (χ1) is 10.0. The number of piperazine rings is 1. The van der Waals surface area contributed by atoms with E-state index in [1.165, 1.54) is 0 Å². The van der Waals surface area contributed by atoms with E-state index in [0.717, 1.165) is 31.7 Å². The lowest BCUT2D eigenvalue weighted by Crippen LogP contribution is -2.46. The van der Waals surface area contributed by atoms with Crippen LogP contribution in [-0.4, -0.2) is 61.2 Å². The molecule has 1 aliphatic heterocycles. The highest BCUT2D eigenvalue weighted by Crippen LogP contribution is 2.32. The van der Waals surface area contributed by atoms with Gasteiger partial charge in [-0.05, 0) is 24.7 Å². The Morgan fingerprint density at radius 2 is 2.05 bits per heavy atom. The molecule has 1 fully saturated rings. The van der Waals surface area contributed by atoms with E-state index < -0.39 is 5.97 Å². The zero-order valence-electron chi connectivity index (χ0n) is 12.4. The zero-order valence-corrected chi connectivity index (χ0v) is 13.1. The first-order valence-corrected chi connectivity index (χ1v) is 7.37. The summed E-state index contributed by atoms with van der Waals surface area (Å²) < 4.78 is 5.15. The molecule has 1 N–H and O–H groups in total. The summed E-state index contributed by atoms with van der Waals surface area (Å²) in [7, 11) is 3.64. The molecule has 1 saturated heterocycles. The Hall–Kier alpha value is -1.30. The maximum atomic E-state index is 11.2. The number of likely N-dealkylation sites (N-methyl/N-ethyl adjacent to an activating group) is 1. The van der Waals surface area contributed by atoms with Crippen molar-refractivity contribution in [1.82, 2.24) is 9.80 Å². The fourth-order valence-corrected chi connectivity index (χ4v) is 2.91. The number of hydrogen-bond donors (Lipinski definition) is 1. The van der Waals surface area contributed by atoms with E-state index in [9.17, 15) is 9.90 Å². The Morgan fingerprint density at radius 3 is 2.57 bits per heavy atom. The predicted octanol–water partition coefficient (Wildman–Crippen LogP) is 2.11. The van der Waals surface area contributed by atoms with Crippen LogP contribution in [0.15, 0.2) is 18.2 Å². The van der Waals surface area contributed by atoms with Crippen molar-refractivity contribution in [3.8, 4) is 5.75 Å². The molecule has 1 atom stereocenters. The van der Waals surface area contributed by atoms with Gasteiger partial charge in [-0.25, -0.2) is 0 Å². The number of methoxy groups -OCH3 is 1. The Balaban J connectivity index is 2.23. The molecule has 1 aromatic rings. The molecule has 1 heterocycles. The molecule has 0 saturated carbocycles. The summed E-state index contributed by atoms with van der Waals surface area (Å²) in [6.07, 6.45) is 0.0758. The van der Waals surface area contributed by atoms with E-state index in [2.05, 4.69) is 16.8 Å². The van der Waals surface area contributed by atoms with Crippen molar-refractivity contribution in [2.24, 2.45) is 0 Å². The second-order valence-corrected chi connectivity index (χ2v) is 5.75. The number of rotatable bonds is 5. The van der Waals surface area contributed by atoms with Gasteiger partial charge in [-0.2, -0.15) is 0 Å². The third-order valence-corrected chi connectivity index (χ3v) is 4.20. The molecule has 0 aliphatic carbocycles. The van der Waals surface area contributed by atoms with Gasteiger partial charge in [0.1, 0.15) is 5.75 Å². The van der Waals surface area contributed by atoms with E-state index >= 15 is 0 Å². The fourth-order valence-electron chi connectivity index (χ4n) is 2.65. The number of hydrogen-bond acceptors (Lipinski definition) is 4. The van der Waals surface area contributed by atoms with Crippen LogP contribution < -0.4 is 4.74 Å². The van der Waals surface area contributed by atoms with Crippen molar-refractivity contribution in [2.45, 2.75) is 12.5 Å². The largest absolute Gasteiger partial charge is 0.495 e. The number of carboxylic acids is 1. The third kappa shape index (κ3) is 4.09. The molecule has 116 valence electrons. The van der Waals surface area contributed by atoms with Gasteiger partial charge < -0.3 is 14.7 Å². The topological polar surface area (TPSA) is 53.0 Å². The molecule has 21 heavy (non-hydrogen) atoms. The highest BCUT2D eigenvalue weighted by Gasteiger charge is 2.26. The molecule has 0 aromatic heterocycles. The molecule has 1 aliphatic rings. The van der Waals surface area contributed by atoms with E-state index in [0.29, 0.717) is 10.8 Å². The average molecular weight is 313 g/mol. The monoisotopic (exact) mass is 312 g/mol. The lowest BCUT2D eigenvalue weighted by molar-refractivity contribution is -0.138. The molecule has 0 bridgehead atoms. The molecule has 1 unspecified atom stereocenters. The van der Waals surface area contributed by atoms with Gasteiger partial charge in [0, 0.05) is 32.2 Å². The fraction of sp³-hybridized carbons (Fsp3) is 0.533. The van der Waals surface area contributed by atoms with Crippen LogP contribution >= 0.6 is 11.6 Å². The van der Waals surface area contributed by atoms with Crippen LogP contribution in [0, 0.1) is 0 Å². The van der Waals surface area contributed by atoms with E-state index in [-0.39, 0.29) is 12.5 Å². The minimum absolute atomic E-state index is 0.0758. The van der Waals surface area contributed by atoms with Crippen molar-refractivity contribution < 1.29 is 14.6 Å². The molecule has 5 nitrogen and oxygen atoms in total. The van der Waals surface area contributed by atoms with Crippen LogP contribution in [0.2, 0.25) is 5.02 Å². The number of nitrogens with zero attached hydrogens (tertiary/aromatic N) is 2. The lowest BCUT2D eigenvalue weighted by Gasteiger charge is -2.37. The quantitative estimate of drug-likeness (QED) is 0.902. The summed E-state index contributed by atoms with van der Waals surface area (Å²) in [5, 5.41) is 9.72. The second-order valence-electron chi connectivity index (χ2n) is 5.35. The van der Waals surface area contributed by atoms with Crippen molar-refractivity contribution in [2.75, 3.05) is 40.3 Å².